The number of fused-ring (bicyclic) bond motifs is 1. The molecule has 1 aliphatic rings. The van der Waals surface area contributed by atoms with Gasteiger partial charge in [0.2, 0.25) is 0 Å². The molecule has 0 saturated carbocycles. The highest BCUT2D eigenvalue weighted by molar-refractivity contribution is 6.05. The molecule has 1 aliphatic carbocycles. The van der Waals surface area contributed by atoms with Crippen LogP contribution in [0.15, 0.2) is 54.7 Å². The van der Waals surface area contributed by atoms with Crippen LogP contribution in [0.5, 0.6) is 0 Å². The van der Waals surface area contributed by atoms with Crippen molar-refractivity contribution < 1.29 is 9.59 Å². The zero-order chi connectivity index (χ0) is 20.4. The van der Waals surface area contributed by atoms with Crippen LogP contribution in [0.25, 0.3) is 0 Å². The summed E-state index contributed by atoms with van der Waals surface area (Å²) in [5, 5.41) is 10.5. The van der Waals surface area contributed by atoms with E-state index in [0.717, 1.165) is 36.1 Å². The molecular weight excluding hydrogens is 364 g/mol. The van der Waals surface area contributed by atoms with Crippen LogP contribution in [-0.2, 0) is 13.5 Å². The number of rotatable bonds is 4. The largest absolute Gasteiger partial charge is 0.345 e. The Hall–Kier alpha value is -3.41. The summed E-state index contributed by atoms with van der Waals surface area (Å²) in [7, 11) is 1.90. The summed E-state index contributed by atoms with van der Waals surface area (Å²) in [5.41, 5.74) is 4.79. The average molecular weight is 388 g/mol. The molecule has 148 valence electrons. The zero-order valence-electron chi connectivity index (χ0n) is 16.6. The second-order valence-corrected chi connectivity index (χ2v) is 7.47. The summed E-state index contributed by atoms with van der Waals surface area (Å²) < 4.78 is 1.80. The lowest BCUT2D eigenvalue weighted by atomic mass is 9.93. The minimum Gasteiger partial charge on any atom is -0.345 e. The van der Waals surface area contributed by atoms with Gasteiger partial charge in [0.05, 0.1) is 11.7 Å². The molecule has 2 N–H and O–H groups in total. The molecule has 0 radical (unpaired) electrons. The third-order valence-electron chi connectivity index (χ3n) is 5.31. The average Bonchev–Trinajstić information content (AvgIpc) is 3.11. The van der Waals surface area contributed by atoms with E-state index in [9.17, 15) is 9.59 Å². The van der Waals surface area contributed by atoms with Crippen LogP contribution in [0.2, 0.25) is 0 Å². The van der Waals surface area contributed by atoms with E-state index in [1.807, 2.05) is 44.4 Å². The van der Waals surface area contributed by atoms with Crippen molar-refractivity contribution in [1.29, 1.82) is 0 Å². The number of carbonyl (C=O) groups excluding carboxylic acids is 2. The van der Waals surface area contributed by atoms with E-state index < -0.39 is 0 Å². The molecule has 3 aromatic rings. The van der Waals surface area contributed by atoms with Gasteiger partial charge in [0.1, 0.15) is 0 Å². The molecule has 1 unspecified atom stereocenters. The van der Waals surface area contributed by atoms with Gasteiger partial charge in [0.25, 0.3) is 11.8 Å². The normalized spacial score (nSPS) is 15.4. The van der Waals surface area contributed by atoms with Crippen molar-refractivity contribution in [2.24, 2.45) is 7.05 Å². The van der Waals surface area contributed by atoms with Gasteiger partial charge in [-0.15, -0.1) is 0 Å². The Kier molecular flexibility index (Phi) is 5.16. The number of nitrogens with one attached hydrogen (secondary N) is 2. The van der Waals surface area contributed by atoms with Crippen molar-refractivity contribution in [2.75, 3.05) is 5.32 Å². The first-order chi connectivity index (χ1) is 14.0. The summed E-state index contributed by atoms with van der Waals surface area (Å²) in [6.45, 7) is 1.91. The second-order valence-electron chi connectivity index (χ2n) is 7.47. The molecule has 2 amide bonds. The number of benzene rings is 2. The van der Waals surface area contributed by atoms with Crippen LogP contribution in [0, 0.1) is 6.92 Å². The molecule has 1 aromatic heterocycles. The van der Waals surface area contributed by atoms with Gasteiger partial charge >= 0.3 is 0 Å². The number of aromatic nitrogens is 2. The van der Waals surface area contributed by atoms with E-state index in [1.165, 1.54) is 0 Å². The number of carbonyl (C=O) groups is 2. The highest BCUT2D eigenvalue weighted by atomic mass is 16.2. The van der Waals surface area contributed by atoms with Crippen molar-refractivity contribution in [1.82, 2.24) is 15.1 Å². The monoisotopic (exact) mass is 388 g/mol. The maximum absolute atomic E-state index is 12.9. The summed E-state index contributed by atoms with van der Waals surface area (Å²) in [6.07, 6.45) is 4.83. The fourth-order valence-electron chi connectivity index (χ4n) is 3.74. The highest BCUT2D eigenvalue weighted by Gasteiger charge is 2.25. The van der Waals surface area contributed by atoms with Crippen molar-refractivity contribution in [3.8, 4) is 0 Å². The van der Waals surface area contributed by atoms with E-state index in [0.29, 0.717) is 16.8 Å². The molecule has 0 spiro atoms. The summed E-state index contributed by atoms with van der Waals surface area (Å²) >= 11 is 0. The molecule has 0 aliphatic heterocycles. The van der Waals surface area contributed by atoms with Gasteiger partial charge in [-0.05, 0) is 56.0 Å². The molecule has 6 nitrogen and oxygen atoms in total. The maximum Gasteiger partial charge on any atom is 0.255 e. The molecule has 29 heavy (non-hydrogen) atoms. The van der Waals surface area contributed by atoms with Crippen molar-refractivity contribution in [3.63, 3.8) is 0 Å². The van der Waals surface area contributed by atoms with Crippen LogP contribution >= 0.6 is 0 Å². The number of aryl methyl sites for hydroxylation is 3. The minimum atomic E-state index is -0.196. The number of hydrogen-bond donors (Lipinski definition) is 2. The molecule has 0 fully saturated rings. The quantitative estimate of drug-likeness (QED) is 0.714. The molecular formula is C23H24N4O2. The van der Waals surface area contributed by atoms with Crippen LogP contribution in [0.4, 0.5) is 5.69 Å². The number of anilines is 1. The van der Waals surface area contributed by atoms with Crippen LogP contribution in [-0.4, -0.2) is 21.6 Å². The maximum atomic E-state index is 12.9. The van der Waals surface area contributed by atoms with E-state index >= 15 is 0 Å². The Morgan fingerprint density at radius 3 is 2.66 bits per heavy atom. The standard InChI is InChI=1S/C23H24N4O2/c1-15-11-12-17(13-21(15)25-22(28)16-7-4-3-5-8-16)23(29)24-19-9-6-10-20-18(19)14-27(2)26-20/h3-5,7-8,11-14,19H,6,9-10H2,1-2H3,(H,24,29)(H,25,28). The molecule has 1 heterocycles. The number of amides is 2. The summed E-state index contributed by atoms with van der Waals surface area (Å²) in [6, 6.07) is 14.4. The molecule has 1 atom stereocenters. The van der Waals surface area contributed by atoms with Gasteiger partial charge in [0, 0.05) is 35.6 Å². The first-order valence-electron chi connectivity index (χ1n) is 9.81. The Bertz CT molecular complexity index is 1060. The fraction of sp³-hybridized carbons (Fsp3) is 0.261. The van der Waals surface area contributed by atoms with E-state index in [-0.39, 0.29) is 17.9 Å². The molecule has 0 saturated heterocycles. The topological polar surface area (TPSA) is 76.0 Å². The van der Waals surface area contributed by atoms with Crippen LogP contribution in [0.3, 0.4) is 0 Å². The fourth-order valence-corrected chi connectivity index (χ4v) is 3.74. The third-order valence-corrected chi connectivity index (χ3v) is 5.31. The Morgan fingerprint density at radius 2 is 1.86 bits per heavy atom. The zero-order valence-corrected chi connectivity index (χ0v) is 16.6. The van der Waals surface area contributed by atoms with Crippen LogP contribution in [0.1, 0.15) is 56.4 Å². The Labute approximate surface area is 169 Å². The predicted molar refractivity (Wildman–Crippen MR) is 112 cm³/mol. The van der Waals surface area contributed by atoms with Crippen molar-refractivity contribution >= 4 is 17.5 Å². The summed E-state index contributed by atoms with van der Waals surface area (Å²) in [5.74, 6) is -0.347. The minimum absolute atomic E-state index is 0.0383. The van der Waals surface area contributed by atoms with E-state index in [1.54, 1.807) is 28.9 Å². The van der Waals surface area contributed by atoms with Crippen LogP contribution < -0.4 is 10.6 Å². The second kappa shape index (κ2) is 7.91. The van der Waals surface area contributed by atoms with Gasteiger partial charge in [-0.2, -0.15) is 5.10 Å². The smallest absolute Gasteiger partial charge is 0.255 e. The van der Waals surface area contributed by atoms with Gasteiger partial charge in [0.15, 0.2) is 0 Å². The van der Waals surface area contributed by atoms with E-state index in [2.05, 4.69) is 15.7 Å². The van der Waals surface area contributed by atoms with Crippen molar-refractivity contribution in [3.05, 3.63) is 82.7 Å². The third kappa shape index (κ3) is 4.06. The molecule has 2 aromatic carbocycles. The van der Waals surface area contributed by atoms with Gasteiger partial charge in [-0.1, -0.05) is 24.3 Å². The molecule has 0 bridgehead atoms. The molecule has 6 heteroatoms. The first-order valence-corrected chi connectivity index (χ1v) is 9.81. The first kappa shape index (κ1) is 18.9. The number of nitrogens with zero attached hydrogens (tertiary/aromatic N) is 2. The Balaban J connectivity index is 1.51. The molecule has 4 rings (SSSR count). The van der Waals surface area contributed by atoms with Gasteiger partial charge in [-0.25, -0.2) is 0 Å². The number of hydrogen-bond acceptors (Lipinski definition) is 3. The van der Waals surface area contributed by atoms with Gasteiger partial charge < -0.3 is 10.6 Å². The lowest BCUT2D eigenvalue weighted by Gasteiger charge is -2.23. The Morgan fingerprint density at radius 1 is 1.07 bits per heavy atom. The predicted octanol–water partition coefficient (Wildman–Crippen LogP) is 3.79. The van der Waals surface area contributed by atoms with Crippen molar-refractivity contribution in [2.45, 2.75) is 32.2 Å². The lowest BCUT2D eigenvalue weighted by molar-refractivity contribution is 0.0931. The lowest BCUT2D eigenvalue weighted by Crippen LogP contribution is -2.30. The highest BCUT2D eigenvalue weighted by Crippen LogP contribution is 2.29. The van der Waals surface area contributed by atoms with E-state index in [4.69, 9.17) is 0 Å². The SMILES string of the molecule is Cc1ccc(C(=O)NC2CCCc3nn(C)cc32)cc1NC(=O)c1ccccc1. The summed E-state index contributed by atoms with van der Waals surface area (Å²) in [4.78, 5) is 25.4. The van der Waals surface area contributed by atoms with Gasteiger partial charge in [-0.3, -0.25) is 14.3 Å².